The van der Waals surface area contributed by atoms with Gasteiger partial charge in [-0.25, -0.2) is 4.90 Å². The molecule has 2 aliphatic heterocycles. The van der Waals surface area contributed by atoms with E-state index in [9.17, 15) is 34.9 Å². The lowest BCUT2D eigenvalue weighted by atomic mass is 9.49. The smallest absolute Gasteiger partial charge is 0.301 e. The Kier molecular flexibility index (Phi) is 10.1. The number of hydrazine groups is 1. The topological polar surface area (TPSA) is 215 Å². The van der Waals surface area contributed by atoms with Crippen LogP contribution in [0.1, 0.15) is 29.9 Å². The van der Waals surface area contributed by atoms with Gasteiger partial charge < -0.3 is 19.5 Å². The minimum Gasteiger partial charge on any atom is -0.508 e. The monoisotopic (exact) mass is 870 g/mol. The first-order chi connectivity index (χ1) is 29.1. The molecule has 0 aromatic heterocycles. The number of halogens is 2. The lowest BCUT2D eigenvalue weighted by Gasteiger charge is -2.50. The fourth-order valence-electron chi connectivity index (χ4n) is 9.87. The highest BCUT2D eigenvalue weighted by atomic mass is 35.5. The van der Waals surface area contributed by atoms with Crippen molar-refractivity contribution in [3.05, 3.63) is 126 Å². The quantitative estimate of drug-likeness (QED) is 0.0728. The van der Waals surface area contributed by atoms with Crippen LogP contribution in [0.15, 0.2) is 84.4 Å². The Labute approximate surface area is 357 Å². The van der Waals surface area contributed by atoms with Crippen molar-refractivity contribution < 1.29 is 43.6 Å². The number of allylic oxidation sites excluding steroid dienone is 2. The van der Waals surface area contributed by atoms with Crippen molar-refractivity contribution in [2.24, 2.45) is 23.7 Å². The summed E-state index contributed by atoms with van der Waals surface area (Å²) in [5, 5.41) is 37.6. The van der Waals surface area contributed by atoms with Gasteiger partial charge in [0.15, 0.2) is 5.69 Å². The number of carbonyl (C=O) groups is 4. The van der Waals surface area contributed by atoms with Crippen molar-refractivity contribution in [1.29, 1.82) is 0 Å². The Morgan fingerprint density at radius 3 is 2.13 bits per heavy atom. The van der Waals surface area contributed by atoms with Crippen molar-refractivity contribution in [2.45, 2.75) is 24.2 Å². The highest BCUT2D eigenvalue weighted by Gasteiger charge is 2.71. The van der Waals surface area contributed by atoms with E-state index < -0.39 is 79.9 Å². The number of carbonyl (C=O) groups excluding carboxylic acids is 4. The fraction of sp³-hybridized carbons (Fsp3) is 0.286. The van der Waals surface area contributed by atoms with Gasteiger partial charge in [0.05, 0.1) is 63.6 Å². The Balaban J connectivity index is 1.34. The average molecular weight is 872 g/mol. The number of hydrogen-bond donors (Lipinski definition) is 2. The number of amides is 4. The van der Waals surface area contributed by atoms with Crippen molar-refractivity contribution in [2.75, 3.05) is 43.5 Å². The molecule has 0 radical (unpaired) electrons. The van der Waals surface area contributed by atoms with Crippen LogP contribution in [0.25, 0.3) is 0 Å². The molecular formula is C42H36Cl2N6O11. The van der Waals surface area contributed by atoms with Gasteiger partial charge in [-0.15, -0.1) is 0 Å². The van der Waals surface area contributed by atoms with Gasteiger partial charge in [0.2, 0.25) is 11.8 Å². The molecule has 2 heterocycles. The van der Waals surface area contributed by atoms with Gasteiger partial charge in [-0.05, 0) is 66.8 Å². The third-order valence-electron chi connectivity index (χ3n) is 12.3. The number of fused-ring (bicyclic) bond motifs is 4. The fourth-order valence-corrected chi connectivity index (χ4v) is 10.3. The third kappa shape index (κ3) is 6.12. The molecule has 19 heteroatoms. The highest BCUT2D eigenvalue weighted by molar-refractivity contribution is 6.36. The van der Waals surface area contributed by atoms with Crippen LogP contribution < -0.4 is 24.7 Å². The van der Waals surface area contributed by atoms with Crippen molar-refractivity contribution in [1.82, 2.24) is 5.01 Å². The first kappa shape index (κ1) is 41.0. The van der Waals surface area contributed by atoms with Crippen LogP contribution >= 0.6 is 23.2 Å². The largest absolute Gasteiger partial charge is 0.508 e. The molecule has 61 heavy (non-hydrogen) atoms. The molecule has 0 spiro atoms. The summed E-state index contributed by atoms with van der Waals surface area (Å²) < 4.78 is 11.3. The van der Waals surface area contributed by atoms with Crippen LogP contribution in [0.4, 0.5) is 28.4 Å². The van der Waals surface area contributed by atoms with Crippen molar-refractivity contribution >= 4 is 75.3 Å². The average Bonchev–Trinajstić information content (AvgIpc) is 3.61. The number of benzene rings is 4. The van der Waals surface area contributed by atoms with Gasteiger partial charge in [0.1, 0.15) is 17.2 Å². The molecule has 4 aromatic carbocycles. The number of nitro groups is 2. The van der Waals surface area contributed by atoms with E-state index >= 15 is 9.59 Å². The van der Waals surface area contributed by atoms with Crippen molar-refractivity contribution in [3.8, 4) is 17.2 Å². The van der Waals surface area contributed by atoms with E-state index in [4.69, 9.17) is 32.7 Å². The molecule has 6 unspecified atom stereocenters. The van der Waals surface area contributed by atoms with E-state index in [0.29, 0.717) is 21.9 Å². The number of imide groups is 2. The lowest BCUT2D eigenvalue weighted by Crippen LogP contribution is -2.53. The number of ether oxygens (including phenoxy) is 2. The minimum absolute atomic E-state index is 0.0577. The van der Waals surface area contributed by atoms with Crippen LogP contribution in [-0.4, -0.2) is 71.9 Å². The molecule has 4 amide bonds. The maximum absolute atomic E-state index is 15.6. The van der Waals surface area contributed by atoms with E-state index in [1.54, 1.807) is 42.5 Å². The van der Waals surface area contributed by atoms with Crippen LogP contribution in [0.3, 0.4) is 0 Å². The molecule has 3 fully saturated rings. The Morgan fingerprint density at radius 2 is 1.54 bits per heavy atom. The zero-order valence-corrected chi connectivity index (χ0v) is 34.3. The van der Waals surface area contributed by atoms with Crippen LogP contribution in [0.5, 0.6) is 17.2 Å². The first-order valence-electron chi connectivity index (χ1n) is 18.9. The molecule has 4 aromatic rings. The van der Waals surface area contributed by atoms with Crippen LogP contribution in [0, 0.1) is 43.9 Å². The van der Waals surface area contributed by atoms with E-state index in [0.717, 1.165) is 22.0 Å². The Hall–Kier alpha value is -6.72. The van der Waals surface area contributed by atoms with Gasteiger partial charge in [-0.3, -0.25) is 44.8 Å². The third-order valence-corrected chi connectivity index (χ3v) is 12.8. The number of rotatable bonds is 10. The van der Waals surface area contributed by atoms with Crippen molar-refractivity contribution in [3.63, 3.8) is 0 Å². The lowest BCUT2D eigenvalue weighted by molar-refractivity contribution is -0.392. The maximum Gasteiger partial charge on any atom is 0.301 e. The maximum atomic E-state index is 15.6. The van der Waals surface area contributed by atoms with Crippen LogP contribution in [0.2, 0.25) is 10.0 Å². The Morgan fingerprint density at radius 1 is 0.869 bits per heavy atom. The van der Waals surface area contributed by atoms with Gasteiger partial charge in [0.25, 0.3) is 11.8 Å². The zero-order valence-electron chi connectivity index (χ0n) is 32.8. The second-order valence-corrected chi connectivity index (χ2v) is 16.2. The van der Waals surface area contributed by atoms with Crippen LogP contribution in [-0.2, 0) is 24.6 Å². The molecule has 4 aliphatic rings. The summed E-state index contributed by atoms with van der Waals surface area (Å²) in [6, 6.07) is 17.5. The summed E-state index contributed by atoms with van der Waals surface area (Å²) in [5.41, 5.74) is 0.152. The standard InChI is InChI=1S/C42H36Cl2N6O11/c1-46(2)37-30(49(56)57)17-22(18-31(37)50(58)59)47-38(52)25-14-13-24-26(34(25)40(47)54)19-27-39(53)48(45-29-15-10-21(43)16-28(29)44)41(55)42(27,20-8-11-23(60-3)12-9-20)36(24)35-32(51)6-5-7-33(35)61-4/h5-13,15-18,25-27,34,36,45,51H,14,19H2,1-4H3. The highest BCUT2D eigenvalue weighted by Crippen LogP contribution is 2.66. The number of phenols is 1. The van der Waals surface area contributed by atoms with Gasteiger partial charge in [0, 0.05) is 42.7 Å². The van der Waals surface area contributed by atoms with E-state index in [-0.39, 0.29) is 52.0 Å². The zero-order chi connectivity index (χ0) is 43.8. The molecule has 314 valence electrons. The summed E-state index contributed by atoms with van der Waals surface area (Å²) in [6.07, 6.45) is 1.52. The van der Waals surface area contributed by atoms with Gasteiger partial charge in [-0.1, -0.05) is 53.1 Å². The minimum atomic E-state index is -1.83. The predicted molar refractivity (Wildman–Crippen MR) is 222 cm³/mol. The van der Waals surface area contributed by atoms with E-state index in [1.807, 2.05) is 0 Å². The number of nitrogens with zero attached hydrogens (tertiary/aromatic N) is 5. The number of nitrogens with one attached hydrogen (secondary N) is 1. The summed E-state index contributed by atoms with van der Waals surface area (Å²) >= 11 is 12.7. The molecule has 2 aliphatic carbocycles. The predicted octanol–water partition coefficient (Wildman–Crippen LogP) is 6.79. The number of aromatic hydroxyl groups is 1. The molecule has 6 atom stereocenters. The normalized spacial score (nSPS) is 24.2. The van der Waals surface area contributed by atoms with E-state index in [2.05, 4.69) is 5.43 Å². The number of hydrogen-bond acceptors (Lipinski definition) is 13. The summed E-state index contributed by atoms with van der Waals surface area (Å²) in [7, 11) is 5.64. The second-order valence-electron chi connectivity index (χ2n) is 15.4. The number of phenolic OH excluding ortho intramolecular Hbond substituents is 1. The summed E-state index contributed by atoms with van der Waals surface area (Å²) in [5.74, 6) is -8.26. The molecule has 0 bridgehead atoms. The molecule has 2 N–H and O–H groups in total. The molecular weight excluding hydrogens is 835 g/mol. The molecule has 17 nitrogen and oxygen atoms in total. The Bertz CT molecular complexity index is 2590. The summed E-state index contributed by atoms with van der Waals surface area (Å²) in [4.78, 5) is 84.8. The molecule has 2 saturated heterocycles. The molecule has 1 saturated carbocycles. The number of nitro benzene ring substituents is 2. The summed E-state index contributed by atoms with van der Waals surface area (Å²) in [6.45, 7) is 0. The number of anilines is 3. The van der Waals surface area contributed by atoms with E-state index in [1.165, 1.54) is 57.5 Å². The molecule has 8 rings (SSSR count). The SMILES string of the molecule is COc1ccc(C23C(=O)N(Nc4ccc(Cl)cc4Cl)C(=O)C2CC2C(=CCC4C(=O)N(c5cc([N+](=O)[O-])c(N(C)C)c([N+](=O)[O-])c5)C(=O)C42)C3c2c(O)cccc2OC)cc1. The van der Waals surface area contributed by atoms with Gasteiger partial charge >= 0.3 is 11.4 Å². The second kappa shape index (κ2) is 15.1. The number of methoxy groups -OCH3 is 2. The van der Waals surface area contributed by atoms with Gasteiger partial charge in [-0.2, -0.15) is 5.01 Å². The first-order valence-corrected chi connectivity index (χ1v) is 19.6.